The maximum absolute atomic E-state index is 11.6. The Kier molecular flexibility index (Phi) is 3.67. The molecule has 0 saturated carbocycles. The Hall–Kier alpha value is -0.860. The molecule has 0 radical (unpaired) electrons. The summed E-state index contributed by atoms with van der Waals surface area (Å²) in [6.07, 6.45) is 1.05. The van der Waals surface area contributed by atoms with E-state index in [-0.39, 0.29) is 6.04 Å². The third-order valence-electron chi connectivity index (χ3n) is 0.540. The van der Waals surface area contributed by atoms with Crippen molar-refractivity contribution in [3.05, 3.63) is 12.6 Å². The molecule has 52 valence electrons. The van der Waals surface area contributed by atoms with Crippen LogP contribution >= 0.6 is 0 Å². The molecule has 0 atom stereocenters. The van der Waals surface area contributed by atoms with Crippen LogP contribution in [0.2, 0.25) is 0 Å². The van der Waals surface area contributed by atoms with Crippen molar-refractivity contribution >= 4 is 6.40 Å². The fourth-order valence-corrected chi connectivity index (χ4v) is 0.209. The smallest absolute Gasteiger partial charge is 0.271 e. The minimum Gasteiger partial charge on any atom is -0.420 e. The molecule has 0 fully saturated rings. The zero-order valence-electron chi connectivity index (χ0n) is 5.60. The van der Waals surface area contributed by atoms with E-state index in [4.69, 9.17) is 0 Å². The van der Waals surface area contributed by atoms with Crippen LogP contribution in [-0.2, 0) is 4.74 Å². The average molecular weight is 131 g/mol. The summed E-state index contributed by atoms with van der Waals surface area (Å²) in [5.74, 6) is 0. The van der Waals surface area contributed by atoms with Crippen molar-refractivity contribution < 1.29 is 9.13 Å². The fraction of sp³-hybridized carbons (Fsp3) is 0.500. The molecule has 0 N–H and O–H groups in total. The first-order chi connectivity index (χ1) is 4.13. The Bertz CT molecular complexity index is 120. The lowest BCUT2D eigenvalue weighted by Gasteiger charge is -1.93. The summed E-state index contributed by atoms with van der Waals surface area (Å²) in [4.78, 5) is 3.72. The number of halogens is 1. The minimum absolute atomic E-state index is 0.129. The van der Waals surface area contributed by atoms with Crippen molar-refractivity contribution in [2.75, 3.05) is 0 Å². The first-order valence-corrected chi connectivity index (χ1v) is 2.65. The van der Waals surface area contributed by atoms with Crippen LogP contribution in [0, 0.1) is 0 Å². The standard InChI is InChI=1S/C6H10FNO/c1-5(2)8-4-9-6(3)7/h4-5H,3H2,1-2H3/b8-4-. The van der Waals surface area contributed by atoms with Crippen molar-refractivity contribution in [2.24, 2.45) is 4.99 Å². The first kappa shape index (κ1) is 8.14. The van der Waals surface area contributed by atoms with Crippen molar-refractivity contribution in [3.8, 4) is 0 Å². The van der Waals surface area contributed by atoms with E-state index < -0.39 is 6.01 Å². The van der Waals surface area contributed by atoms with Gasteiger partial charge in [-0.15, -0.1) is 0 Å². The Morgan fingerprint density at radius 2 is 2.33 bits per heavy atom. The van der Waals surface area contributed by atoms with Gasteiger partial charge in [-0.3, -0.25) is 4.99 Å². The van der Waals surface area contributed by atoms with E-state index in [0.717, 1.165) is 6.40 Å². The van der Waals surface area contributed by atoms with Gasteiger partial charge in [0.25, 0.3) is 6.01 Å². The van der Waals surface area contributed by atoms with E-state index in [9.17, 15) is 4.39 Å². The second kappa shape index (κ2) is 4.06. The highest BCUT2D eigenvalue weighted by Gasteiger charge is 1.85. The third-order valence-corrected chi connectivity index (χ3v) is 0.540. The van der Waals surface area contributed by atoms with E-state index in [1.165, 1.54) is 0 Å². The average Bonchev–Trinajstić information content (AvgIpc) is 1.63. The fourth-order valence-electron chi connectivity index (χ4n) is 0.209. The lowest BCUT2D eigenvalue weighted by atomic mass is 10.4. The number of ether oxygens (including phenoxy) is 1. The van der Waals surface area contributed by atoms with Gasteiger partial charge in [0.15, 0.2) is 6.40 Å². The van der Waals surface area contributed by atoms with Gasteiger partial charge < -0.3 is 4.74 Å². The lowest BCUT2D eigenvalue weighted by molar-refractivity contribution is 0.305. The van der Waals surface area contributed by atoms with Crippen LogP contribution in [0.1, 0.15) is 13.8 Å². The van der Waals surface area contributed by atoms with E-state index in [1.807, 2.05) is 13.8 Å². The van der Waals surface area contributed by atoms with Crippen molar-refractivity contribution in [3.63, 3.8) is 0 Å². The highest BCUT2D eigenvalue weighted by Crippen LogP contribution is 1.91. The summed E-state index contributed by atoms with van der Waals surface area (Å²) < 4.78 is 15.8. The summed E-state index contributed by atoms with van der Waals surface area (Å²) in [5, 5.41) is 0. The number of hydrogen-bond donors (Lipinski definition) is 0. The van der Waals surface area contributed by atoms with E-state index >= 15 is 0 Å². The monoisotopic (exact) mass is 131 g/mol. The predicted octanol–water partition coefficient (Wildman–Crippen LogP) is 1.88. The molecule has 0 bridgehead atoms. The molecule has 0 aliphatic rings. The second-order valence-electron chi connectivity index (χ2n) is 1.82. The number of hydrogen-bond acceptors (Lipinski definition) is 2. The van der Waals surface area contributed by atoms with Crippen molar-refractivity contribution in [1.29, 1.82) is 0 Å². The van der Waals surface area contributed by atoms with Crippen LogP contribution in [0.3, 0.4) is 0 Å². The van der Waals surface area contributed by atoms with Gasteiger partial charge in [0.05, 0.1) is 0 Å². The molecule has 0 aliphatic heterocycles. The Balaban J connectivity index is 3.36. The molecular formula is C6H10FNO. The summed E-state index contributed by atoms with van der Waals surface area (Å²) in [5.41, 5.74) is 0. The predicted molar refractivity (Wildman–Crippen MR) is 35.0 cm³/mol. The molecule has 0 aromatic rings. The van der Waals surface area contributed by atoms with Crippen molar-refractivity contribution in [1.82, 2.24) is 0 Å². The molecule has 0 aliphatic carbocycles. The molecule has 0 heterocycles. The second-order valence-corrected chi connectivity index (χ2v) is 1.82. The quantitative estimate of drug-likeness (QED) is 0.325. The maximum Gasteiger partial charge on any atom is 0.271 e. The zero-order chi connectivity index (χ0) is 7.28. The molecule has 0 saturated heterocycles. The van der Waals surface area contributed by atoms with Gasteiger partial charge in [0.1, 0.15) is 0 Å². The molecule has 0 unspecified atom stereocenters. The van der Waals surface area contributed by atoms with Crippen LogP contribution in [0.5, 0.6) is 0 Å². The molecular weight excluding hydrogens is 121 g/mol. The molecule has 0 amide bonds. The maximum atomic E-state index is 11.6. The van der Waals surface area contributed by atoms with Gasteiger partial charge >= 0.3 is 0 Å². The molecule has 0 aromatic heterocycles. The normalized spacial score (nSPS) is 10.7. The number of rotatable bonds is 3. The summed E-state index contributed by atoms with van der Waals surface area (Å²) >= 11 is 0. The Labute approximate surface area is 54.0 Å². The minimum atomic E-state index is -0.834. The van der Waals surface area contributed by atoms with Crippen LogP contribution in [0.25, 0.3) is 0 Å². The van der Waals surface area contributed by atoms with Crippen LogP contribution in [0.4, 0.5) is 4.39 Å². The third kappa shape index (κ3) is 7.14. The van der Waals surface area contributed by atoms with E-state index in [1.54, 1.807) is 0 Å². The summed E-state index contributed by atoms with van der Waals surface area (Å²) in [6.45, 7) is 6.60. The topological polar surface area (TPSA) is 21.6 Å². The molecule has 3 heteroatoms. The number of aliphatic imine (C=N–C) groups is 1. The van der Waals surface area contributed by atoms with Crippen LogP contribution < -0.4 is 0 Å². The van der Waals surface area contributed by atoms with E-state index in [2.05, 4.69) is 16.3 Å². The molecule has 0 spiro atoms. The first-order valence-electron chi connectivity index (χ1n) is 2.65. The molecule has 0 rings (SSSR count). The molecule has 0 aromatic carbocycles. The van der Waals surface area contributed by atoms with Gasteiger partial charge in [-0.25, -0.2) is 0 Å². The highest BCUT2D eigenvalue weighted by atomic mass is 19.1. The van der Waals surface area contributed by atoms with Crippen LogP contribution in [0.15, 0.2) is 17.6 Å². The lowest BCUT2D eigenvalue weighted by Crippen LogP contribution is -1.90. The zero-order valence-corrected chi connectivity index (χ0v) is 5.60. The van der Waals surface area contributed by atoms with Gasteiger partial charge in [0.2, 0.25) is 0 Å². The summed E-state index contributed by atoms with van der Waals surface area (Å²) in [7, 11) is 0. The van der Waals surface area contributed by atoms with Gasteiger partial charge in [-0.1, -0.05) is 0 Å². The van der Waals surface area contributed by atoms with Gasteiger partial charge in [0, 0.05) is 6.04 Å². The Morgan fingerprint density at radius 3 is 2.67 bits per heavy atom. The van der Waals surface area contributed by atoms with Crippen molar-refractivity contribution in [2.45, 2.75) is 19.9 Å². The highest BCUT2D eigenvalue weighted by molar-refractivity contribution is 5.47. The van der Waals surface area contributed by atoms with E-state index in [0.29, 0.717) is 0 Å². The number of nitrogens with zero attached hydrogens (tertiary/aromatic N) is 1. The molecule has 9 heavy (non-hydrogen) atoms. The van der Waals surface area contributed by atoms with Crippen LogP contribution in [-0.4, -0.2) is 12.4 Å². The summed E-state index contributed by atoms with van der Waals surface area (Å²) in [6, 6.07) is -0.705. The Morgan fingerprint density at radius 1 is 1.78 bits per heavy atom. The molecule has 2 nitrogen and oxygen atoms in total. The van der Waals surface area contributed by atoms with Gasteiger partial charge in [-0.05, 0) is 20.4 Å². The van der Waals surface area contributed by atoms with Gasteiger partial charge in [-0.2, -0.15) is 4.39 Å². The SMILES string of the molecule is C=C(F)O/C=N\C(C)C. The largest absolute Gasteiger partial charge is 0.420 e.